The van der Waals surface area contributed by atoms with Gasteiger partial charge >= 0.3 is 0 Å². The molecule has 1 aliphatic carbocycles. The van der Waals surface area contributed by atoms with Crippen LogP contribution in [0.2, 0.25) is 0 Å². The van der Waals surface area contributed by atoms with Crippen LogP contribution in [0.25, 0.3) is 16.7 Å². The number of carbonyl (C=O) groups excluding carboxylic acids is 1. The van der Waals surface area contributed by atoms with Gasteiger partial charge in [-0.05, 0) is 25.0 Å². The highest BCUT2D eigenvalue weighted by Crippen LogP contribution is 2.27. The van der Waals surface area contributed by atoms with E-state index in [4.69, 9.17) is 0 Å². The summed E-state index contributed by atoms with van der Waals surface area (Å²) in [5, 5.41) is 6.14. The minimum absolute atomic E-state index is 0.161. The molecule has 0 atom stereocenters. The van der Waals surface area contributed by atoms with Crippen molar-refractivity contribution in [1.82, 2.24) is 24.6 Å². The third kappa shape index (κ3) is 3.83. The largest absolute Gasteiger partial charge is 0.342 e. The van der Waals surface area contributed by atoms with Gasteiger partial charge in [-0.3, -0.25) is 4.79 Å². The molecule has 0 aliphatic heterocycles. The Labute approximate surface area is 163 Å². The van der Waals surface area contributed by atoms with Crippen molar-refractivity contribution in [3.8, 4) is 5.69 Å². The molecule has 0 saturated heterocycles. The summed E-state index contributed by atoms with van der Waals surface area (Å²) in [5.41, 5.74) is 1.71. The Morgan fingerprint density at radius 1 is 1.19 bits per heavy atom. The molecule has 1 saturated carbocycles. The van der Waals surface area contributed by atoms with E-state index in [1.807, 2.05) is 42.3 Å². The highest BCUT2D eigenvalue weighted by molar-refractivity contribution is 8.00. The van der Waals surface area contributed by atoms with Crippen molar-refractivity contribution in [3.05, 3.63) is 42.9 Å². The fourth-order valence-corrected chi connectivity index (χ4v) is 4.48. The van der Waals surface area contributed by atoms with Gasteiger partial charge in [0.2, 0.25) is 5.91 Å². The number of para-hydroxylation sites is 1. The Hall–Kier alpha value is -2.41. The van der Waals surface area contributed by atoms with Crippen molar-refractivity contribution >= 4 is 28.7 Å². The maximum Gasteiger partial charge on any atom is 0.232 e. The summed E-state index contributed by atoms with van der Waals surface area (Å²) < 4.78 is 1.80. The number of fused-ring (bicyclic) bond motifs is 1. The van der Waals surface area contributed by atoms with E-state index in [0.29, 0.717) is 11.8 Å². The van der Waals surface area contributed by atoms with Crippen LogP contribution in [0.1, 0.15) is 32.1 Å². The Balaban J connectivity index is 1.49. The normalized spacial score (nSPS) is 15.1. The minimum Gasteiger partial charge on any atom is -0.342 e. The summed E-state index contributed by atoms with van der Waals surface area (Å²) >= 11 is 1.46. The van der Waals surface area contributed by atoms with Gasteiger partial charge in [-0.25, -0.2) is 14.6 Å². The molecule has 3 aromatic rings. The van der Waals surface area contributed by atoms with Gasteiger partial charge in [0.05, 0.1) is 23.0 Å². The smallest absolute Gasteiger partial charge is 0.232 e. The number of rotatable bonds is 5. The van der Waals surface area contributed by atoms with E-state index in [0.717, 1.165) is 34.6 Å². The Kier molecular flexibility index (Phi) is 5.38. The first-order valence-electron chi connectivity index (χ1n) is 9.36. The van der Waals surface area contributed by atoms with Gasteiger partial charge in [0.1, 0.15) is 11.4 Å². The number of thioether (sulfide) groups is 1. The van der Waals surface area contributed by atoms with Crippen molar-refractivity contribution < 1.29 is 4.79 Å². The van der Waals surface area contributed by atoms with Crippen molar-refractivity contribution in [3.63, 3.8) is 0 Å². The van der Waals surface area contributed by atoms with E-state index in [1.54, 1.807) is 17.2 Å². The average Bonchev–Trinajstić information content (AvgIpc) is 3.17. The molecule has 4 rings (SSSR count). The Bertz CT molecular complexity index is 921. The van der Waals surface area contributed by atoms with Crippen molar-refractivity contribution in [2.24, 2.45) is 0 Å². The molecule has 0 bridgehead atoms. The zero-order valence-electron chi connectivity index (χ0n) is 15.4. The molecule has 140 valence electrons. The highest BCUT2D eigenvalue weighted by Gasteiger charge is 2.22. The SMILES string of the molecule is CN(C(=O)CSc1ncnc2c1cnn2-c1ccccc1)C1CCCCC1. The Morgan fingerprint density at radius 3 is 2.74 bits per heavy atom. The predicted octanol–water partition coefficient (Wildman–Crippen LogP) is 3.70. The van der Waals surface area contributed by atoms with Gasteiger partial charge in [-0.2, -0.15) is 5.10 Å². The summed E-state index contributed by atoms with van der Waals surface area (Å²) in [4.78, 5) is 23.3. The molecule has 0 N–H and O–H groups in total. The number of benzene rings is 1. The van der Waals surface area contributed by atoms with Crippen LogP contribution in [-0.4, -0.2) is 49.4 Å². The van der Waals surface area contributed by atoms with Gasteiger partial charge < -0.3 is 4.90 Å². The van der Waals surface area contributed by atoms with Crippen LogP contribution in [0.5, 0.6) is 0 Å². The topological polar surface area (TPSA) is 63.9 Å². The van der Waals surface area contributed by atoms with E-state index >= 15 is 0 Å². The molecule has 7 heteroatoms. The van der Waals surface area contributed by atoms with Gasteiger partial charge in [-0.1, -0.05) is 49.2 Å². The summed E-state index contributed by atoms with van der Waals surface area (Å²) in [6.07, 6.45) is 9.29. The lowest BCUT2D eigenvalue weighted by atomic mass is 9.94. The molecule has 2 aromatic heterocycles. The summed E-state index contributed by atoms with van der Waals surface area (Å²) in [5.74, 6) is 0.546. The molecule has 2 heterocycles. The second-order valence-corrected chi connectivity index (χ2v) is 7.86. The molecule has 27 heavy (non-hydrogen) atoms. The highest BCUT2D eigenvalue weighted by atomic mass is 32.2. The lowest BCUT2D eigenvalue weighted by molar-refractivity contribution is -0.129. The fourth-order valence-electron chi connectivity index (χ4n) is 3.60. The van der Waals surface area contributed by atoms with Gasteiger partial charge in [0, 0.05) is 13.1 Å². The maximum absolute atomic E-state index is 12.6. The number of hydrogen-bond acceptors (Lipinski definition) is 5. The van der Waals surface area contributed by atoms with Crippen LogP contribution in [0.15, 0.2) is 47.9 Å². The van der Waals surface area contributed by atoms with Crippen LogP contribution < -0.4 is 0 Å². The number of amides is 1. The summed E-state index contributed by atoms with van der Waals surface area (Å²) in [6.45, 7) is 0. The van der Waals surface area contributed by atoms with Gasteiger partial charge in [0.15, 0.2) is 5.65 Å². The lowest BCUT2D eigenvalue weighted by Crippen LogP contribution is -2.39. The van der Waals surface area contributed by atoms with E-state index in [1.165, 1.54) is 31.0 Å². The number of carbonyl (C=O) groups is 1. The van der Waals surface area contributed by atoms with Crippen LogP contribution in [-0.2, 0) is 4.79 Å². The first-order chi connectivity index (χ1) is 13.2. The maximum atomic E-state index is 12.6. The Morgan fingerprint density at radius 2 is 1.96 bits per heavy atom. The molecule has 0 radical (unpaired) electrons. The van der Waals surface area contributed by atoms with Crippen LogP contribution in [0, 0.1) is 0 Å². The molecular formula is C20H23N5OS. The molecule has 1 aromatic carbocycles. The van der Waals surface area contributed by atoms with E-state index in [-0.39, 0.29) is 5.91 Å². The fraction of sp³-hybridized carbons (Fsp3) is 0.400. The minimum atomic E-state index is 0.161. The molecule has 6 nitrogen and oxygen atoms in total. The van der Waals surface area contributed by atoms with E-state index in [9.17, 15) is 4.79 Å². The summed E-state index contributed by atoms with van der Waals surface area (Å²) in [7, 11) is 1.93. The third-order valence-electron chi connectivity index (χ3n) is 5.18. The first-order valence-corrected chi connectivity index (χ1v) is 10.3. The molecule has 1 fully saturated rings. The van der Waals surface area contributed by atoms with Crippen LogP contribution in [0.4, 0.5) is 0 Å². The second-order valence-electron chi connectivity index (χ2n) is 6.89. The van der Waals surface area contributed by atoms with Crippen LogP contribution in [0.3, 0.4) is 0 Å². The predicted molar refractivity (Wildman–Crippen MR) is 107 cm³/mol. The molecular weight excluding hydrogens is 358 g/mol. The number of hydrogen-bond donors (Lipinski definition) is 0. The average molecular weight is 382 g/mol. The lowest BCUT2D eigenvalue weighted by Gasteiger charge is -2.31. The number of nitrogens with zero attached hydrogens (tertiary/aromatic N) is 5. The number of aromatic nitrogens is 4. The van der Waals surface area contributed by atoms with Gasteiger partial charge in [-0.15, -0.1) is 0 Å². The second kappa shape index (κ2) is 8.08. The molecule has 1 amide bonds. The van der Waals surface area contributed by atoms with E-state index in [2.05, 4.69) is 15.1 Å². The van der Waals surface area contributed by atoms with Crippen molar-refractivity contribution in [1.29, 1.82) is 0 Å². The summed E-state index contributed by atoms with van der Waals surface area (Å²) in [6, 6.07) is 10.3. The molecule has 0 unspecified atom stereocenters. The van der Waals surface area contributed by atoms with Gasteiger partial charge in [0.25, 0.3) is 0 Å². The molecule has 1 aliphatic rings. The van der Waals surface area contributed by atoms with Crippen molar-refractivity contribution in [2.45, 2.75) is 43.2 Å². The quantitative estimate of drug-likeness (QED) is 0.498. The monoisotopic (exact) mass is 381 g/mol. The molecule has 0 spiro atoms. The third-order valence-corrected chi connectivity index (χ3v) is 6.17. The van der Waals surface area contributed by atoms with Crippen molar-refractivity contribution in [2.75, 3.05) is 12.8 Å². The first kappa shape index (κ1) is 18.0. The zero-order valence-corrected chi connectivity index (χ0v) is 16.2. The van der Waals surface area contributed by atoms with E-state index < -0.39 is 0 Å². The van der Waals surface area contributed by atoms with Crippen LogP contribution >= 0.6 is 11.8 Å². The zero-order chi connectivity index (χ0) is 18.6. The standard InChI is InChI=1S/C20H23N5OS/c1-24(15-8-4-2-5-9-15)18(26)13-27-20-17-12-23-25(19(17)21-14-22-20)16-10-6-3-7-11-16/h3,6-7,10-12,14-15H,2,4-5,8-9,13H2,1H3.